The van der Waals surface area contributed by atoms with E-state index in [1.807, 2.05) is 24.4 Å². The van der Waals surface area contributed by atoms with Gasteiger partial charge in [-0.25, -0.2) is 4.98 Å². The number of allylic oxidation sites excluding steroid dienone is 1. The molecule has 5 aromatic carbocycles. The topological polar surface area (TPSA) is 21.1 Å². The van der Waals surface area contributed by atoms with Gasteiger partial charge < -0.3 is 4.57 Å². The summed E-state index contributed by atoms with van der Waals surface area (Å²) in [5.74, 6) is 0.884. The number of benzene rings is 5. The Balaban J connectivity index is 1.19. The standard InChI is InChI=1S/C45H37N3/c1-5-42-39(38-18-10-12-20-43(38)48(42)33-15-7-6-8-16-33)29-31(2)32-22-24-34(25-23-32)47(44-21-13-14-28-46-44)35-26-27-37-36-17-9-11-19-40(36)45(3,4)41(37)30-35/h5-30H,1H2,2-4H3/b31-29+. The van der Waals surface area contributed by atoms with E-state index in [4.69, 9.17) is 4.98 Å². The predicted octanol–water partition coefficient (Wildman–Crippen LogP) is 12.0. The molecule has 0 fully saturated rings. The van der Waals surface area contributed by atoms with Crippen LogP contribution in [0.4, 0.5) is 17.2 Å². The van der Waals surface area contributed by atoms with Crippen LogP contribution in [0.3, 0.4) is 0 Å². The van der Waals surface area contributed by atoms with Crippen molar-refractivity contribution >= 4 is 45.8 Å². The normalized spacial score (nSPS) is 13.3. The van der Waals surface area contributed by atoms with Gasteiger partial charge in [0.2, 0.25) is 0 Å². The van der Waals surface area contributed by atoms with E-state index in [0.29, 0.717) is 0 Å². The van der Waals surface area contributed by atoms with Crippen LogP contribution >= 0.6 is 0 Å². The number of nitrogens with zero attached hydrogens (tertiary/aromatic N) is 3. The summed E-state index contributed by atoms with van der Waals surface area (Å²) < 4.78 is 2.30. The van der Waals surface area contributed by atoms with Crippen molar-refractivity contribution in [2.45, 2.75) is 26.2 Å². The van der Waals surface area contributed by atoms with Crippen LogP contribution in [0.1, 0.15) is 48.7 Å². The van der Waals surface area contributed by atoms with Crippen LogP contribution in [-0.4, -0.2) is 9.55 Å². The van der Waals surface area contributed by atoms with E-state index in [1.54, 1.807) is 0 Å². The van der Waals surface area contributed by atoms with Crippen molar-refractivity contribution in [2.75, 3.05) is 4.90 Å². The number of rotatable bonds is 7. The Kier molecular flexibility index (Phi) is 7.18. The number of hydrogen-bond donors (Lipinski definition) is 0. The Labute approximate surface area is 282 Å². The summed E-state index contributed by atoms with van der Waals surface area (Å²) in [6, 6.07) is 49.7. The fourth-order valence-electron chi connectivity index (χ4n) is 7.40. The molecule has 0 bridgehead atoms. The van der Waals surface area contributed by atoms with Gasteiger partial charge in [-0.1, -0.05) is 105 Å². The second kappa shape index (κ2) is 11.7. The van der Waals surface area contributed by atoms with Gasteiger partial charge in [0.05, 0.1) is 11.2 Å². The van der Waals surface area contributed by atoms with E-state index in [-0.39, 0.29) is 5.41 Å². The van der Waals surface area contributed by atoms with Crippen molar-refractivity contribution in [1.82, 2.24) is 9.55 Å². The number of anilines is 3. The molecule has 7 aromatic rings. The monoisotopic (exact) mass is 619 g/mol. The summed E-state index contributed by atoms with van der Waals surface area (Å²) >= 11 is 0. The molecular formula is C45H37N3. The molecule has 3 nitrogen and oxygen atoms in total. The summed E-state index contributed by atoms with van der Waals surface area (Å²) in [6.07, 6.45) is 6.13. The molecule has 0 N–H and O–H groups in total. The largest absolute Gasteiger partial charge is 0.309 e. The van der Waals surface area contributed by atoms with Gasteiger partial charge in [0.1, 0.15) is 5.82 Å². The lowest BCUT2D eigenvalue weighted by Gasteiger charge is -2.27. The molecule has 0 atom stereocenters. The average Bonchev–Trinajstić information content (AvgIpc) is 3.57. The maximum Gasteiger partial charge on any atom is 0.137 e. The minimum absolute atomic E-state index is 0.0859. The highest BCUT2D eigenvalue weighted by Crippen LogP contribution is 2.50. The van der Waals surface area contributed by atoms with Crippen LogP contribution in [0.15, 0.2) is 152 Å². The van der Waals surface area contributed by atoms with E-state index >= 15 is 0 Å². The second-order valence-electron chi connectivity index (χ2n) is 13.0. The van der Waals surface area contributed by atoms with Crippen molar-refractivity contribution in [3.8, 4) is 16.8 Å². The van der Waals surface area contributed by atoms with Gasteiger partial charge in [-0.3, -0.25) is 4.90 Å². The van der Waals surface area contributed by atoms with E-state index in [2.05, 4.69) is 170 Å². The fraction of sp³-hybridized carbons (Fsp3) is 0.0889. The average molecular weight is 620 g/mol. The second-order valence-corrected chi connectivity index (χ2v) is 13.0. The zero-order chi connectivity index (χ0) is 32.8. The Hall–Kier alpha value is -5.93. The molecule has 48 heavy (non-hydrogen) atoms. The molecule has 0 amide bonds. The van der Waals surface area contributed by atoms with Crippen molar-refractivity contribution < 1.29 is 0 Å². The number of fused-ring (bicyclic) bond motifs is 4. The SMILES string of the molecule is C=Cc1c(/C=C(\C)c2ccc(N(c3ccc4c(c3)C(C)(C)c3ccccc3-4)c3ccccn3)cc2)c2ccccc2n1-c1ccccc1. The summed E-state index contributed by atoms with van der Waals surface area (Å²) in [7, 11) is 0. The van der Waals surface area contributed by atoms with Crippen LogP contribution < -0.4 is 4.90 Å². The number of pyridine rings is 1. The number of hydrogen-bond acceptors (Lipinski definition) is 2. The van der Waals surface area contributed by atoms with Gasteiger partial charge in [0.25, 0.3) is 0 Å². The third-order valence-corrected chi connectivity index (χ3v) is 9.81. The van der Waals surface area contributed by atoms with Gasteiger partial charge in [-0.05, 0) is 107 Å². The molecular weight excluding hydrogens is 583 g/mol. The maximum atomic E-state index is 4.79. The van der Waals surface area contributed by atoms with Crippen LogP contribution in [-0.2, 0) is 5.41 Å². The Morgan fingerprint density at radius 1 is 0.708 bits per heavy atom. The molecule has 0 radical (unpaired) electrons. The molecule has 2 heterocycles. The first-order valence-electron chi connectivity index (χ1n) is 16.5. The van der Waals surface area contributed by atoms with Crippen molar-refractivity contribution in [2.24, 2.45) is 0 Å². The highest BCUT2D eigenvalue weighted by molar-refractivity contribution is 5.99. The van der Waals surface area contributed by atoms with E-state index in [0.717, 1.165) is 34.1 Å². The number of para-hydroxylation sites is 2. The van der Waals surface area contributed by atoms with Gasteiger partial charge in [-0.2, -0.15) is 0 Å². The summed E-state index contributed by atoms with van der Waals surface area (Å²) in [4.78, 5) is 7.05. The van der Waals surface area contributed by atoms with E-state index in [9.17, 15) is 0 Å². The molecule has 0 spiro atoms. The third-order valence-electron chi connectivity index (χ3n) is 9.81. The third kappa shape index (κ3) is 4.78. The van der Waals surface area contributed by atoms with Gasteiger partial charge >= 0.3 is 0 Å². The highest BCUT2D eigenvalue weighted by atomic mass is 15.2. The van der Waals surface area contributed by atoms with Crippen LogP contribution in [0.5, 0.6) is 0 Å². The van der Waals surface area contributed by atoms with Crippen LogP contribution in [0.2, 0.25) is 0 Å². The number of aromatic nitrogens is 2. The molecule has 0 saturated carbocycles. The lowest BCUT2D eigenvalue weighted by Crippen LogP contribution is -2.17. The Morgan fingerprint density at radius 3 is 2.17 bits per heavy atom. The smallest absolute Gasteiger partial charge is 0.137 e. The quantitative estimate of drug-likeness (QED) is 0.177. The van der Waals surface area contributed by atoms with Crippen molar-refractivity contribution in [3.05, 3.63) is 180 Å². The molecule has 0 saturated heterocycles. The van der Waals surface area contributed by atoms with Crippen LogP contribution in [0.25, 0.3) is 45.4 Å². The van der Waals surface area contributed by atoms with Crippen molar-refractivity contribution in [3.63, 3.8) is 0 Å². The highest BCUT2D eigenvalue weighted by Gasteiger charge is 2.35. The van der Waals surface area contributed by atoms with Gasteiger partial charge in [-0.15, -0.1) is 0 Å². The first-order valence-corrected chi connectivity index (χ1v) is 16.5. The zero-order valence-electron chi connectivity index (χ0n) is 27.6. The summed E-state index contributed by atoms with van der Waals surface area (Å²) in [5, 5.41) is 1.20. The van der Waals surface area contributed by atoms with Gasteiger partial charge in [0.15, 0.2) is 0 Å². The minimum atomic E-state index is -0.0859. The van der Waals surface area contributed by atoms with E-state index < -0.39 is 0 Å². The molecule has 232 valence electrons. The van der Waals surface area contributed by atoms with Crippen LogP contribution in [0, 0.1) is 0 Å². The molecule has 2 aromatic heterocycles. The van der Waals surface area contributed by atoms with Crippen molar-refractivity contribution in [1.29, 1.82) is 0 Å². The molecule has 1 aliphatic rings. The zero-order valence-corrected chi connectivity index (χ0v) is 27.6. The molecule has 0 unspecified atom stereocenters. The lowest BCUT2D eigenvalue weighted by atomic mass is 9.82. The Bertz CT molecular complexity index is 2320. The first kappa shape index (κ1) is 29.5. The summed E-state index contributed by atoms with van der Waals surface area (Å²) in [5.41, 5.74) is 14.3. The summed E-state index contributed by atoms with van der Waals surface area (Å²) in [6.45, 7) is 11.1. The molecule has 8 rings (SSSR count). The fourth-order valence-corrected chi connectivity index (χ4v) is 7.40. The predicted molar refractivity (Wildman–Crippen MR) is 203 cm³/mol. The molecule has 3 heteroatoms. The molecule has 1 aliphatic carbocycles. The first-order chi connectivity index (χ1) is 23.5. The lowest BCUT2D eigenvalue weighted by molar-refractivity contribution is 0.660. The van der Waals surface area contributed by atoms with Gasteiger partial charge in [0, 0.05) is 39.6 Å². The minimum Gasteiger partial charge on any atom is -0.309 e. The maximum absolute atomic E-state index is 4.79. The molecule has 0 aliphatic heterocycles. The van der Waals surface area contributed by atoms with E-state index in [1.165, 1.54) is 44.3 Å². The Morgan fingerprint density at radius 2 is 1.40 bits per heavy atom.